The van der Waals surface area contributed by atoms with Gasteiger partial charge in [0, 0.05) is 6.04 Å². The van der Waals surface area contributed by atoms with Crippen LogP contribution in [0.1, 0.15) is 72.8 Å². The fourth-order valence-corrected chi connectivity index (χ4v) is 6.66. The number of halogens is 2. The van der Waals surface area contributed by atoms with Crippen LogP contribution >= 0.6 is 31.1 Å². The van der Waals surface area contributed by atoms with Gasteiger partial charge >= 0.3 is 97.8 Å². The minimum absolute atomic E-state index is 0.163. The van der Waals surface area contributed by atoms with E-state index in [4.69, 9.17) is 24.1 Å². The van der Waals surface area contributed by atoms with Crippen molar-refractivity contribution in [1.82, 2.24) is 4.90 Å². The predicted octanol–water partition coefficient (Wildman–Crippen LogP) is 8.48. The van der Waals surface area contributed by atoms with Gasteiger partial charge in [-0.1, -0.05) is 31.9 Å². The van der Waals surface area contributed by atoms with Gasteiger partial charge in [0.1, 0.15) is 0 Å². The molecule has 3 rings (SSSR count). The van der Waals surface area contributed by atoms with E-state index in [0.29, 0.717) is 6.04 Å². The molecule has 1 unspecified atom stereocenters. The number of hydrogen-bond donors (Lipinski definition) is 0. The second-order valence-corrected chi connectivity index (χ2v) is 14.9. The fraction of sp³-hybridized carbons (Fsp3) is 0.520. The SMILES string of the molecule is CC(C)Oc1ccccc1[CH]=[Ru]([Cl])[Cl].CCC1=CCCC(CC)[C@H]1N1[CH-]SC(C)=C1C. The van der Waals surface area contributed by atoms with Crippen molar-refractivity contribution in [1.29, 1.82) is 0 Å². The molecule has 2 nitrogen and oxygen atoms in total. The van der Waals surface area contributed by atoms with Crippen molar-refractivity contribution in [3.63, 3.8) is 0 Å². The van der Waals surface area contributed by atoms with E-state index < -0.39 is 13.5 Å². The topological polar surface area (TPSA) is 12.5 Å². The minimum atomic E-state index is -1.77. The Kier molecular flexibility index (Phi) is 11.7. The van der Waals surface area contributed by atoms with E-state index in [1.165, 1.54) is 36.3 Å². The summed E-state index contributed by atoms with van der Waals surface area (Å²) in [6.45, 7) is 13.1. The van der Waals surface area contributed by atoms with Crippen molar-refractivity contribution >= 4 is 35.8 Å². The van der Waals surface area contributed by atoms with Crippen LogP contribution in [0.2, 0.25) is 0 Å². The maximum absolute atomic E-state index is 5.82. The Labute approximate surface area is 206 Å². The zero-order valence-electron chi connectivity index (χ0n) is 19.5. The Balaban J connectivity index is 0.000000225. The zero-order chi connectivity index (χ0) is 23.0. The maximum atomic E-state index is 5.82. The summed E-state index contributed by atoms with van der Waals surface area (Å²) in [6.07, 6.45) is 7.77. The van der Waals surface area contributed by atoms with E-state index in [9.17, 15) is 0 Å². The third-order valence-corrected chi connectivity index (χ3v) is 8.53. The van der Waals surface area contributed by atoms with Gasteiger partial charge in [-0.3, -0.25) is 11.8 Å². The molecule has 1 aromatic rings. The van der Waals surface area contributed by atoms with Crippen molar-refractivity contribution in [2.24, 2.45) is 5.92 Å². The van der Waals surface area contributed by atoms with Crippen LogP contribution in [0.4, 0.5) is 0 Å². The van der Waals surface area contributed by atoms with E-state index in [0.717, 1.165) is 17.2 Å². The summed E-state index contributed by atoms with van der Waals surface area (Å²) in [4.78, 5) is 3.99. The Morgan fingerprint density at radius 2 is 1.97 bits per heavy atom. The second kappa shape index (κ2) is 13.4. The molecule has 2 aliphatic rings. The summed E-state index contributed by atoms with van der Waals surface area (Å²) in [5, 5.41) is 0. The van der Waals surface area contributed by atoms with Gasteiger partial charge in [-0.05, 0) is 49.6 Å². The molecular formula is C25H36Cl2NORuS-. The summed E-state index contributed by atoms with van der Waals surface area (Å²) in [6, 6.07) is 8.41. The second-order valence-electron chi connectivity index (χ2n) is 8.11. The third-order valence-electron chi connectivity index (χ3n) is 5.71. The van der Waals surface area contributed by atoms with Crippen LogP contribution in [0.25, 0.3) is 0 Å². The number of hydrogen-bond acceptors (Lipinski definition) is 3. The Morgan fingerprint density at radius 1 is 1.26 bits per heavy atom. The van der Waals surface area contributed by atoms with Gasteiger partial charge in [0.05, 0.1) is 0 Å². The van der Waals surface area contributed by atoms with Gasteiger partial charge in [0.2, 0.25) is 0 Å². The summed E-state index contributed by atoms with van der Waals surface area (Å²) >= 11 is 0.115. The molecule has 2 atom stereocenters. The molecule has 1 aliphatic carbocycles. The van der Waals surface area contributed by atoms with E-state index in [2.05, 4.69) is 44.5 Å². The van der Waals surface area contributed by atoms with Crippen molar-refractivity contribution in [2.45, 2.75) is 79.4 Å². The smallest absolute Gasteiger partial charge is 0.0252 e. The number of nitrogens with zero attached hydrogens (tertiary/aromatic N) is 1. The van der Waals surface area contributed by atoms with Gasteiger partial charge in [0.15, 0.2) is 0 Å². The molecule has 176 valence electrons. The predicted molar refractivity (Wildman–Crippen MR) is 136 cm³/mol. The number of ether oxygens (including phenoxy) is 1. The van der Waals surface area contributed by atoms with Gasteiger partial charge in [0.25, 0.3) is 0 Å². The average Bonchev–Trinajstić information content (AvgIpc) is 3.06. The summed E-state index contributed by atoms with van der Waals surface area (Å²) in [7, 11) is 11.6. The first kappa shape index (κ1) is 27.0. The largest absolute Gasteiger partial charge is 0.509 e. The van der Waals surface area contributed by atoms with Gasteiger partial charge < -0.3 is 4.90 Å². The summed E-state index contributed by atoms with van der Waals surface area (Å²) < 4.78 is 7.51. The zero-order valence-corrected chi connectivity index (χ0v) is 23.5. The summed E-state index contributed by atoms with van der Waals surface area (Å²) in [5.74, 6) is 4.00. The maximum Gasteiger partial charge on any atom is 0.0252 e. The molecule has 0 fully saturated rings. The van der Waals surface area contributed by atoms with Crippen molar-refractivity contribution < 1.29 is 18.3 Å². The first-order valence-corrected chi connectivity index (χ1v) is 17.4. The molecule has 0 N–H and O–H groups in total. The van der Waals surface area contributed by atoms with Crippen LogP contribution in [-0.4, -0.2) is 21.7 Å². The van der Waals surface area contributed by atoms with Crippen LogP contribution in [0, 0.1) is 11.8 Å². The first-order chi connectivity index (χ1) is 14.8. The van der Waals surface area contributed by atoms with Crippen LogP contribution in [0.5, 0.6) is 5.75 Å². The molecule has 0 radical (unpaired) electrons. The molecule has 1 aromatic carbocycles. The molecule has 6 heteroatoms. The van der Waals surface area contributed by atoms with Crippen LogP contribution in [0.15, 0.2) is 46.5 Å². The van der Waals surface area contributed by atoms with Crippen molar-refractivity contribution in [2.75, 3.05) is 0 Å². The van der Waals surface area contributed by atoms with E-state index in [-0.39, 0.29) is 6.10 Å². The molecule has 0 aromatic heterocycles. The molecule has 0 amide bonds. The van der Waals surface area contributed by atoms with Crippen molar-refractivity contribution in [3.05, 3.63) is 58.0 Å². The summed E-state index contributed by atoms with van der Waals surface area (Å²) in [5.41, 5.74) is 4.10. The molecular weight excluding hydrogens is 534 g/mol. The molecule has 1 aliphatic heterocycles. The van der Waals surface area contributed by atoms with Gasteiger partial charge in [-0.25, -0.2) is 0 Å². The van der Waals surface area contributed by atoms with E-state index in [1.807, 2.05) is 54.5 Å². The normalized spacial score (nSPS) is 21.5. The van der Waals surface area contributed by atoms with Crippen LogP contribution < -0.4 is 4.74 Å². The number of benzene rings is 1. The Hall–Kier alpha value is -0.277. The fourth-order valence-electron chi connectivity index (χ4n) is 4.02. The first-order valence-electron chi connectivity index (χ1n) is 11.0. The number of rotatable bonds is 6. The van der Waals surface area contributed by atoms with E-state index >= 15 is 0 Å². The quantitative estimate of drug-likeness (QED) is 0.193. The van der Waals surface area contributed by atoms with Crippen molar-refractivity contribution in [3.8, 4) is 5.75 Å². The number of para-hydroxylation sites is 1. The minimum Gasteiger partial charge on any atom is -0.509 e. The molecule has 31 heavy (non-hydrogen) atoms. The number of thioether (sulfide) groups is 1. The monoisotopic (exact) mass is 570 g/mol. The number of allylic oxidation sites excluding steroid dienone is 3. The standard InChI is InChI=1S/C15H24NS.C10H12O.2ClH.Ru/c1-5-13-8-7-9-14(6-2)15(13)16-10-17-12(4)11(16)3;1-8(2)11-10-7-5-4-6-9(10)3;;;/h8,10,14-15H,5-7,9H2,1-4H3;3-8H,1-2H3;2*1H;/q-1;;;;+2/p-2/t14?,15-;;;;/m0..../s1. The Morgan fingerprint density at radius 3 is 2.52 bits per heavy atom. The van der Waals surface area contributed by atoms with Crippen LogP contribution in [0.3, 0.4) is 0 Å². The Bertz CT molecular complexity index is 817. The van der Waals surface area contributed by atoms with E-state index in [1.54, 1.807) is 5.57 Å². The molecule has 0 saturated heterocycles. The van der Waals surface area contributed by atoms with Gasteiger partial charge in [-0.15, -0.1) is 0 Å². The van der Waals surface area contributed by atoms with Gasteiger partial charge in [-0.2, -0.15) is 5.88 Å². The third kappa shape index (κ3) is 7.92. The molecule has 1 heterocycles. The van der Waals surface area contributed by atoms with Crippen LogP contribution in [-0.2, 0) is 13.5 Å². The molecule has 0 saturated carbocycles. The molecule has 0 spiro atoms. The molecule has 0 bridgehead atoms. The average molecular weight is 571 g/mol.